The highest BCUT2D eigenvalue weighted by molar-refractivity contribution is 5.82. The molecule has 3 rings (SSSR count). The van der Waals surface area contributed by atoms with Crippen LogP contribution < -0.4 is 0 Å². The first-order valence-corrected chi connectivity index (χ1v) is 7.58. The molecule has 2 heteroatoms. The Labute approximate surface area is 125 Å². The molecule has 0 aliphatic carbocycles. The SMILES string of the molecule is CCCCc1[nH]nc(-c2ccccc2)c1-c1ccccc1. The van der Waals surface area contributed by atoms with Gasteiger partial charge in [-0.1, -0.05) is 74.0 Å². The molecule has 2 aromatic carbocycles. The van der Waals surface area contributed by atoms with E-state index in [1.807, 2.05) is 6.07 Å². The number of unbranched alkanes of at least 4 members (excludes halogenated alkanes) is 1. The van der Waals surface area contributed by atoms with E-state index in [0.717, 1.165) is 17.7 Å². The smallest absolute Gasteiger partial charge is 0.100 e. The zero-order valence-corrected chi connectivity index (χ0v) is 12.3. The number of aromatic nitrogens is 2. The van der Waals surface area contributed by atoms with Crippen molar-refractivity contribution in [3.05, 3.63) is 66.4 Å². The Balaban J connectivity index is 2.11. The van der Waals surface area contributed by atoms with Gasteiger partial charge in [0, 0.05) is 16.8 Å². The van der Waals surface area contributed by atoms with Gasteiger partial charge in [0.1, 0.15) is 5.69 Å². The molecule has 1 N–H and O–H groups in total. The Morgan fingerprint density at radius 3 is 2.10 bits per heavy atom. The summed E-state index contributed by atoms with van der Waals surface area (Å²) in [6, 6.07) is 20.9. The summed E-state index contributed by atoms with van der Waals surface area (Å²) in [4.78, 5) is 0. The molecule has 2 nitrogen and oxygen atoms in total. The number of aryl methyl sites for hydroxylation is 1. The van der Waals surface area contributed by atoms with Crippen LogP contribution in [0, 0.1) is 0 Å². The molecule has 1 aromatic heterocycles. The Morgan fingerprint density at radius 2 is 1.48 bits per heavy atom. The Morgan fingerprint density at radius 1 is 0.857 bits per heavy atom. The number of aromatic amines is 1. The zero-order chi connectivity index (χ0) is 14.5. The summed E-state index contributed by atoms with van der Waals surface area (Å²) < 4.78 is 0. The van der Waals surface area contributed by atoms with Crippen molar-refractivity contribution in [2.45, 2.75) is 26.2 Å². The molecule has 0 aliphatic heterocycles. The highest BCUT2D eigenvalue weighted by Gasteiger charge is 2.15. The van der Waals surface area contributed by atoms with E-state index in [4.69, 9.17) is 0 Å². The number of nitrogens with one attached hydrogen (secondary N) is 1. The van der Waals surface area contributed by atoms with E-state index >= 15 is 0 Å². The average Bonchev–Trinajstić information content (AvgIpc) is 2.98. The Bertz CT molecular complexity index is 684. The third kappa shape index (κ3) is 2.89. The normalized spacial score (nSPS) is 10.7. The van der Waals surface area contributed by atoms with Crippen LogP contribution in [0.3, 0.4) is 0 Å². The van der Waals surface area contributed by atoms with Crippen LogP contribution in [-0.2, 0) is 6.42 Å². The van der Waals surface area contributed by atoms with Crippen LogP contribution in [0.4, 0.5) is 0 Å². The van der Waals surface area contributed by atoms with Crippen LogP contribution in [0.15, 0.2) is 60.7 Å². The van der Waals surface area contributed by atoms with Crippen molar-refractivity contribution in [3.8, 4) is 22.4 Å². The first-order valence-electron chi connectivity index (χ1n) is 7.58. The quantitative estimate of drug-likeness (QED) is 0.691. The van der Waals surface area contributed by atoms with E-state index in [2.05, 4.69) is 71.7 Å². The van der Waals surface area contributed by atoms with E-state index in [9.17, 15) is 0 Å². The van der Waals surface area contributed by atoms with Gasteiger partial charge in [0.15, 0.2) is 0 Å². The predicted octanol–water partition coefficient (Wildman–Crippen LogP) is 5.09. The third-order valence-electron chi connectivity index (χ3n) is 3.73. The lowest BCUT2D eigenvalue weighted by molar-refractivity contribution is 0.773. The molecule has 0 amide bonds. The lowest BCUT2D eigenvalue weighted by atomic mass is 9.97. The summed E-state index contributed by atoms with van der Waals surface area (Å²) in [7, 11) is 0. The van der Waals surface area contributed by atoms with Gasteiger partial charge in [0.05, 0.1) is 0 Å². The Hall–Kier alpha value is -2.35. The molecule has 0 bridgehead atoms. The molecule has 21 heavy (non-hydrogen) atoms. The summed E-state index contributed by atoms with van der Waals surface area (Å²) in [5.41, 5.74) is 5.93. The molecule has 0 fully saturated rings. The minimum atomic E-state index is 1.04. The fourth-order valence-corrected chi connectivity index (χ4v) is 2.63. The number of nitrogens with zero attached hydrogens (tertiary/aromatic N) is 1. The maximum absolute atomic E-state index is 4.59. The number of hydrogen-bond acceptors (Lipinski definition) is 1. The second-order valence-corrected chi connectivity index (χ2v) is 5.26. The maximum atomic E-state index is 4.59. The molecule has 0 unspecified atom stereocenters. The van der Waals surface area contributed by atoms with Crippen molar-refractivity contribution in [2.24, 2.45) is 0 Å². The molecule has 0 saturated carbocycles. The fraction of sp³-hybridized carbons (Fsp3) is 0.211. The van der Waals surface area contributed by atoms with Gasteiger partial charge in [0.25, 0.3) is 0 Å². The molecule has 0 radical (unpaired) electrons. The van der Waals surface area contributed by atoms with Crippen LogP contribution in [0.25, 0.3) is 22.4 Å². The van der Waals surface area contributed by atoms with Crippen molar-refractivity contribution in [1.82, 2.24) is 10.2 Å². The van der Waals surface area contributed by atoms with E-state index in [-0.39, 0.29) is 0 Å². The number of rotatable bonds is 5. The standard InChI is InChI=1S/C19H20N2/c1-2-3-14-17-18(15-10-6-4-7-11-15)19(21-20-17)16-12-8-5-9-13-16/h4-13H,2-3,14H2,1H3,(H,20,21). The Kier molecular flexibility index (Phi) is 4.15. The van der Waals surface area contributed by atoms with Crippen molar-refractivity contribution in [1.29, 1.82) is 0 Å². The topological polar surface area (TPSA) is 28.7 Å². The summed E-state index contributed by atoms with van der Waals surface area (Å²) in [5.74, 6) is 0. The number of benzene rings is 2. The molecule has 1 heterocycles. The van der Waals surface area contributed by atoms with E-state index < -0.39 is 0 Å². The van der Waals surface area contributed by atoms with Crippen LogP contribution in [0.1, 0.15) is 25.5 Å². The van der Waals surface area contributed by atoms with Crippen LogP contribution in [0.2, 0.25) is 0 Å². The largest absolute Gasteiger partial charge is 0.281 e. The molecular weight excluding hydrogens is 256 g/mol. The van der Waals surface area contributed by atoms with Gasteiger partial charge in [-0.05, 0) is 18.4 Å². The van der Waals surface area contributed by atoms with Gasteiger partial charge >= 0.3 is 0 Å². The fourth-order valence-electron chi connectivity index (χ4n) is 2.63. The molecular formula is C19H20N2. The lowest BCUT2D eigenvalue weighted by Crippen LogP contribution is -1.89. The number of hydrogen-bond donors (Lipinski definition) is 1. The minimum Gasteiger partial charge on any atom is -0.281 e. The van der Waals surface area contributed by atoms with Gasteiger partial charge in [-0.3, -0.25) is 5.10 Å². The molecule has 0 atom stereocenters. The van der Waals surface area contributed by atoms with E-state index in [1.165, 1.54) is 29.7 Å². The highest BCUT2D eigenvalue weighted by Crippen LogP contribution is 2.33. The number of H-pyrrole nitrogens is 1. The predicted molar refractivity (Wildman–Crippen MR) is 88.1 cm³/mol. The van der Waals surface area contributed by atoms with Crippen LogP contribution in [-0.4, -0.2) is 10.2 Å². The monoisotopic (exact) mass is 276 g/mol. The average molecular weight is 276 g/mol. The zero-order valence-electron chi connectivity index (χ0n) is 12.3. The first-order chi connectivity index (χ1) is 10.4. The molecule has 0 spiro atoms. The van der Waals surface area contributed by atoms with Crippen LogP contribution >= 0.6 is 0 Å². The van der Waals surface area contributed by atoms with Gasteiger partial charge in [0.2, 0.25) is 0 Å². The first kappa shape index (κ1) is 13.6. The summed E-state index contributed by atoms with van der Waals surface area (Å²) in [6.07, 6.45) is 3.41. The highest BCUT2D eigenvalue weighted by atomic mass is 15.1. The van der Waals surface area contributed by atoms with Gasteiger partial charge in [-0.2, -0.15) is 5.10 Å². The van der Waals surface area contributed by atoms with Crippen molar-refractivity contribution in [2.75, 3.05) is 0 Å². The molecule has 0 aliphatic rings. The summed E-state index contributed by atoms with van der Waals surface area (Å²) >= 11 is 0. The van der Waals surface area contributed by atoms with E-state index in [0.29, 0.717) is 0 Å². The molecule has 106 valence electrons. The molecule has 0 saturated heterocycles. The van der Waals surface area contributed by atoms with Crippen LogP contribution in [0.5, 0.6) is 0 Å². The lowest BCUT2D eigenvalue weighted by Gasteiger charge is -2.06. The minimum absolute atomic E-state index is 1.04. The molecule has 3 aromatic rings. The maximum Gasteiger partial charge on any atom is 0.100 e. The second-order valence-electron chi connectivity index (χ2n) is 5.26. The van der Waals surface area contributed by atoms with E-state index in [1.54, 1.807) is 0 Å². The van der Waals surface area contributed by atoms with Crippen molar-refractivity contribution < 1.29 is 0 Å². The third-order valence-corrected chi connectivity index (χ3v) is 3.73. The summed E-state index contributed by atoms with van der Waals surface area (Å²) in [5, 5.41) is 7.85. The van der Waals surface area contributed by atoms with Crippen molar-refractivity contribution >= 4 is 0 Å². The van der Waals surface area contributed by atoms with Gasteiger partial charge < -0.3 is 0 Å². The second kappa shape index (κ2) is 6.40. The van der Waals surface area contributed by atoms with Crippen molar-refractivity contribution in [3.63, 3.8) is 0 Å². The van der Waals surface area contributed by atoms with Gasteiger partial charge in [-0.25, -0.2) is 0 Å². The van der Waals surface area contributed by atoms with Gasteiger partial charge in [-0.15, -0.1) is 0 Å². The summed E-state index contributed by atoms with van der Waals surface area (Å²) in [6.45, 7) is 2.22.